The summed E-state index contributed by atoms with van der Waals surface area (Å²) in [6.07, 6.45) is 0. The molecule has 0 atom stereocenters. The number of nitrogens with zero attached hydrogens (tertiary/aromatic N) is 2. The van der Waals surface area contributed by atoms with Gasteiger partial charge in [0.05, 0.1) is 10.5 Å². The monoisotopic (exact) mass is 319 g/mol. The van der Waals surface area contributed by atoms with Crippen molar-refractivity contribution in [2.45, 2.75) is 0 Å². The molecule has 0 bridgehead atoms. The van der Waals surface area contributed by atoms with E-state index in [0.717, 1.165) is 0 Å². The van der Waals surface area contributed by atoms with E-state index in [9.17, 15) is 25.0 Å². The van der Waals surface area contributed by atoms with E-state index in [0.29, 0.717) is 5.69 Å². The molecule has 0 saturated carbocycles. The molecule has 1 amide bonds. The van der Waals surface area contributed by atoms with E-state index in [1.54, 1.807) is 24.3 Å². The van der Waals surface area contributed by atoms with E-state index in [1.807, 2.05) is 0 Å². The van der Waals surface area contributed by atoms with Gasteiger partial charge in [0.25, 0.3) is 11.6 Å². The van der Waals surface area contributed by atoms with Crippen molar-refractivity contribution in [2.24, 2.45) is 0 Å². The first-order valence-corrected chi connectivity index (χ1v) is 6.87. The number of nitriles is 1. The van der Waals surface area contributed by atoms with Crippen LogP contribution < -0.4 is 5.32 Å². The van der Waals surface area contributed by atoms with Crippen LogP contribution in [-0.4, -0.2) is 16.6 Å². The fourth-order valence-electron chi connectivity index (χ4n) is 2.47. The average Bonchev–Trinajstić information content (AvgIpc) is 2.91. The smallest absolute Gasteiger partial charge is 0.270 e. The van der Waals surface area contributed by atoms with Crippen LogP contribution in [-0.2, 0) is 4.79 Å². The number of fused-ring (bicyclic) bond motifs is 1. The van der Waals surface area contributed by atoms with Crippen molar-refractivity contribution in [1.29, 1.82) is 5.26 Å². The van der Waals surface area contributed by atoms with Gasteiger partial charge in [-0.25, -0.2) is 0 Å². The summed E-state index contributed by atoms with van der Waals surface area (Å²) in [4.78, 5) is 35.1. The van der Waals surface area contributed by atoms with Crippen LogP contribution in [0.1, 0.15) is 15.9 Å². The predicted octanol–water partition coefficient (Wildman–Crippen LogP) is 2.71. The lowest BCUT2D eigenvalue weighted by Gasteiger charge is -2.03. The molecule has 0 fully saturated rings. The topological polar surface area (TPSA) is 113 Å². The van der Waals surface area contributed by atoms with E-state index in [2.05, 4.69) is 5.32 Å². The molecule has 0 saturated heterocycles. The molecule has 0 spiro atoms. The fourth-order valence-corrected chi connectivity index (χ4v) is 2.47. The summed E-state index contributed by atoms with van der Waals surface area (Å²) in [6.45, 7) is 0. The zero-order chi connectivity index (χ0) is 17.3. The zero-order valence-electron chi connectivity index (χ0n) is 12.1. The van der Waals surface area contributed by atoms with Gasteiger partial charge in [-0.2, -0.15) is 5.26 Å². The molecule has 24 heavy (non-hydrogen) atoms. The highest BCUT2D eigenvalue weighted by Crippen LogP contribution is 2.36. The maximum absolute atomic E-state index is 12.5. The molecule has 2 aromatic rings. The Morgan fingerprint density at radius 3 is 2.50 bits per heavy atom. The highest BCUT2D eigenvalue weighted by Gasteiger charge is 2.32. The number of benzene rings is 2. The second-order valence-corrected chi connectivity index (χ2v) is 5.00. The van der Waals surface area contributed by atoms with Crippen molar-refractivity contribution in [3.05, 3.63) is 75.3 Å². The van der Waals surface area contributed by atoms with E-state index < -0.39 is 16.6 Å². The number of carbonyl (C=O) groups excluding carboxylic acids is 2. The number of nitrogens with one attached hydrogen (secondary N) is 1. The van der Waals surface area contributed by atoms with Gasteiger partial charge in [0.2, 0.25) is 5.78 Å². The lowest BCUT2D eigenvalue weighted by Crippen LogP contribution is -2.11. The Bertz CT molecular complexity index is 956. The summed E-state index contributed by atoms with van der Waals surface area (Å²) in [5.74, 6) is -1.24. The molecule has 0 aromatic heterocycles. The summed E-state index contributed by atoms with van der Waals surface area (Å²) >= 11 is 0. The van der Waals surface area contributed by atoms with Gasteiger partial charge in [0.1, 0.15) is 11.6 Å². The number of nitro benzene ring substituents is 1. The highest BCUT2D eigenvalue weighted by atomic mass is 16.6. The van der Waals surface area contributed by atoms with Crippen molar-refractivity contribution in [3.8, 4) is 6.07 Å². The summed E-state index contributed by atoms with van der Waals surface area (Å²) in [5.41, 5.74) is 0.0349. The molecule has 1 aliphatic rings. The maximum Gasteiger partial charge on any atom is 0.270 e. The Kier molecular flexibility index (Phi) is 3.64. The number of carbonyl (C=O) groups is 2. The van der Waals surface area contributed by atoms with Crippen molar-refractivity contribution in [3.63, 3.8) is 0 Å². The van der Waals surface area contributed by atoms with Gasteiger partial charge in [-0.3, -0.25) is 19.7 Å². The second kappa shape index (κ2) is 5.78. The Morgan fingerprint density at radius 1 is 1.17 bits per heavy atom. The van der Waals surface area contributed by atoms with Crippen LogP contribution in [0.5, 0.6) is 0 Å². The standard InChI is InChI=1S/C17H9N3O4/c18-9-13(16(21)10-4-2-1-3-5-10)15-12-8-11(20(23)24)6-7-14(12)19-17(15)22/h1-8H,(H,19,22)/b15-13-. The molecule has 3 rings (SSSR count). The number of rotatable bonds is 3. The third-order valence-corrected chi connectivity index (χ3v) is 3.58. The molecule has 1 N–H and O–H groups in total. The summed E-state index contributed by atoms with van der Waals surface area (Å²) in [5, 5.41) is 22.8. The number of nitro groups is 1. The number of hydrogen-bond acceptors (Lipinski definition) is 5. The minimum absolute atomic E-state index is 0.148. The normalized spacial score (nSPS) is 14.4. The average molecular weight is 319 g/mol. The van der Waals surface area contributed by atoms with Gasteiger partial charge in [0.15, 0.2) is 0 Å². The summed E-state index contributed by atoms with van der Waals surface area (Å²) < 4.78 is 0. The first-order valence-electron chi connectivity index (χ1n) is 6.87. The minimum atomic E-state index is -0.633. The Hall–Kier alpha value is -3.79. The molecule has 1 aliphatic heterocycles. The Labute approximate surface area is 136 Å². The van der Waals surface area contributed by atoms with Gasteiger partial charge in [0, 0.05) is 28.9 Å². The van der Waals surface area contributed by atoms with Gasteiger partial charge in [-0.05, 0) is 6.07 Å². The molecular formula is C17H9N3O4. The van der Waals surface area contributed by atoms with E-state index in [-0.39, 0.29) is 28.0 Å². The predicted molar refractivity (Wildman–Crippen MR) is 85.0 cm³/mol. The van der Waals surface area contributed by atoms with Crippen LogP contribution >= 0.6 is 0 Å². The SMILES string of the molecule is N#C/C(C(=O)c1ccccc1)=C1/C(=O)Nc2ccc([N+](=O)[O-])cc21. The van der Waals surface area contributed by atoms with Crippen LogP contribution in [0, 0.1) is 21.4 Å². The van der Waals surface area contributed by atoms with Crippen molar-refractivity contribution >= 4 is 28.6 Å². The molecule has 1 heterocycles. The number of amides is 1. The summed E-state index contributed by atoms with van der Waals surface area (Å²) in [7, 11) is 0. The number of ketones is 1. The molecule has 2 aromatic carbocycles. The van der Waals surface area contributed by atoms with Crippen LogP contribution in [0.15, 0.2) is 54.1 Å². The first-order chi connectivity index (χ1) is 11.5. The third-order valence-electron chi connectivity index (χ3n) is 3.58. The molecular weight excluding hydrogens is 310 g/mol. The molecule has 0 radical (unpaired) electrons. The van der Waals surface area contributed by atoms with Crippen LogP contribution in [0.3, 0.4) is 0 Å². The molecule has 7 nitrogen and oxygen atoms in total. The molecule has 7 heteroatoms. The van der Waals surface area contributed by atoms with E-state index in [4.69, 9.17) is 0 Å². The van der Waals surface area contributed by atoms with Gasteiger partial charge >= 0.3 is 0 Å². The quantitative estimate of drug-likeness (QED) is 0.307. The van der Waals surface area contributed by atoms with Gasteiger partial charge in [-0.1, -0.05) is 30.3 Å². The number of anilines is 1. The fraction of sp³-hybridized carbons (Fsp3) is 0. The minimum Gasteiger partial charge on any atom is -0.321 e. The highest BCUT2D eigenvalue weighted by molar-refractivity contribution is 6.37. The summed E-state index contributed by atoms with van der Waals surface area (Å²) in [6, 6.07) is 13.6. The zero-order valence-corrected chi connectivity index (χ0v) is 12.1. The number of hydrogen-bond donors (Lipinski definition) is 1. The molecule has 0 aliphatic carbocycles. The van der Waals surface area contributed by atoms with Crippen molar-refractivity contribution in [1.82, 2.24) is 0 Å². The van der Waals surface area contributed by atoms with Crippen LogP contribution in [0.25, 0.3) is 5.57 Å². The lowest BCUT2D eigenvalue weighted by atomic mass is 9.95. The van der Waals surface area contributed by atoms with Crippen LogP contribution in [0.4, 0.5) is 11.4 Å². The lowest BCUT2D eigenvalue weighted by molar-refractivity contribution is -0.384. The van der Waals surface area contributed by atoms with Crippen LogP contribution in [0.2, 0.25) is 0 Å². The number of allylic oxidation sites excluding steroid dienone is 1. The maximum atomic E-state index is 12.5. The van der Waals surface area contributed by atoms with E-state index >= 15 is 0 Å². The second-order valence-electron chi connectivity index (χ2n) is 5.00. The number of Topliss-reactive ketones (excluding diaryl/α,β-unsaturated/α-hetero) is 1. The Balaban J connectivity index is 2.20. The van der Waals surface area contributed by atoms with Crippen molar-refractivity contribution < 1.29 is 14.5 Å². The number of non-ortho nitro benzene ring substituents is 1. The molecule has 116 valence electrons. The van der Waals surface area contributed by atoms with Gasteiger partial charge < -0.3 is 5.32 Å². The molecule has 0 unspecified atom stereocenters. The van der Waals surface area contributed by atoms with Gasteiger partial charge in [-0.15, -0.1) is 0 Å². The van der Waals surface area contributed by atoms with Crippen molar-refractivity contribution in [2.75, 3.05) is 5.32 Å². The third kappa shape index (κ3) is 2.42. The Morgan fingerprint density at radius 2 is 1.88 bits per heavy atom. The largest absolute Gasteiger partial charge is 0.321 e. The first kappa shape index (κ1) is 15.1. The van der Waals surface area contributed by atoms with E-state index in [1.165, 1.54) is 30.3 Å².